The Balaban J connectivity index is 1.72. The summed E-state index contributed by atoms with van der Waals surface area (Å²) in [6.45, 7) is 6.09. The molecule has 0 aromatic heterocycles. The molecule has 0 amide bonds. The van der Waals surface area contributed by atoms with Gasteiger partial charge in [-0.05, 0) is 61.4 Å². The van der Waals surface area contributed by atoms with Gasteiger partial charge in [-0.3, -0.25) is 9.59 Å². The highest BCUT2D eigenvalue weighted by atomic mass is 16.6. The summed E-state index contributed by atoms with van der Waals surface area (Å²) in [4.78, 5) is 28.4. The quantitative estimate of drug-likeness (QED) is 0.168. The molecule has 10 heteroatoms. The van der Waals surface area contributed by atoms with Crippen molar-refractivity contribution in [2.75, 3.05) is 49.2 Å². The number of benzene rings is 2. The molecular formula is C32H32N6O4. The molecule has 0 bridgehead atoms. The van der Waals surface area contributed by atoms with Crippen molar-refractivity contribution >= 4 is 35.5 Å². The number of rotatable bonds is 15. The van der Waals surface area contributed by atoms with Crippen LogP contribution >= 0.6 is 0 Å². The third kappa shape index (κ3) is 10.9. The lowest BCUT2D eigenvalue weighted by atomic mass is 10.1. The van der Waals surface area contributed by atoms with Gasteiger partial charge in [0.15, 0.2) is 0 Å². The Hall–Kier alpha value is -5.58. The molecule has 0 aliphatic carbocycles. The molecule has 214 valence electrons. The van der Waals surface area contributed by atoms with Gasteiger partial charge in [-0.2, -0.15) is 21.0 Å². The molecule has 10 nitrogen and oxygen atoms in total. The summed E-state index contributed by atoms with van der Waals surface area (Å²) in [5.41, 5.74) is 3.31. The van der Waals surface area contributed by atoms with E-state index in [-0.39, 0.29) is 37.2 Å². The third-order valence-electron chi connectivity index (χ3n) is 6.16. The number of carbonyl (C=O) groups excluding carboxylic acids is 2. The number of hydrogen-bond acceptors (Lipinski definition) is 10. The summed E-state index contributed by atoms with van der Waals surface area (Å²) in [5.74, 6) is -0.798. The molecule has 2 aromatic carbocycles. The van der Waals surface area contributed by atoms with Crippen LogP contribution in [0.2, 0.25) is 0 Å². The van der Waals surface area contributed by atoms with Gasteiger partial charge in [-0.25, -0.2) is 0 Å². The maximum atomic E-state index is 12.2. The largest absolute Gasteiger partial charge is 0.462 e. The Morgan fingerprint density at radius 3 is 1.26 bits per heavy atom. The Morgan fingerprint density at radius 2 is 0.976 bits per heavy atom. The van der Waals surface area contributed by atoms with Gasteiger partial charge in [0.2, 0.25) is 0 Å². The first kappa shape index (κ1) is 32.6. The van der Waals surface area contributed by atoms with Gasteiger partial charge in [-0.15, -0.1) is 0 Å². The van der Waals surface area contributed by atoms with Crippen molar-refractivity contribution in [2.45, 2.75) is 26.7 Å². The molecule has 0 aliphatic rings. The summed E-state index contributed by atoms with van der Waals surface area (Å²) in [6, 6.07) is 22.0. The predicted molar refractivity (Wildman–Crippen MR) is 158 cm³/mol. The van der Waals surface area contributed by atoms with Crippen LogP contribution in [0, 0.1) is 45.3 Å². The Kier molecular flexibility index (Phi) is 13.9. The van der Waals surface area contributed by atoms with Crippen molar-refractivity contribution in [2.24, 2.45) is 0 Å². The van der Waals surface area contributed by atoms with Crippen LogP contribution in [0.15, 0.2) is 59.7 Å². The van der Waals surface area contributed by atoms with Gasteiger partial charge in [0.05, 0.1) is 12.8 Å². The van der Waals surface area contributed by atoms with Gasteiger partial charge in [0.1, 0.15) is 48.6 Å². The molecule has 0 unspecified atom stereocenters. The van der Waals surface area contributed by atoms with Gasteiger partial charge in [-0.1, -0.05) is 24.3 Å². The lowest BCUT2D eigenvalue weighted by Crippen LogP contribution is -2.27. The Bertz CT molecular complexity index is 1290. The van der Waals surface area contributed by atoms with Gasteiger partial charge in [0.25, 0.3) is 0 Å². The number of anilines is 2. The van der Waals surface area contributed by atoms with Crippen LogP contribution < -0.4 is 9.80 Å². The van der Waals surface area contributed by atoms with E-state index < -0.39 is 11.9 Å². The van der Waals surface area contributed by atoms with E-state index in [2.05, 4.69) is 0 Å². The number of hydrogen-bond donors (Lipinski definition) is 0. The van der Waals surface area contributed by atoms with Crippen molar-refractivity contribution in [3.63, 3.8) is 0 Å². The highest BCUT2D eigenvalue weighted by Crippen LogP contribution is 2.18. The smallest absolute Gasteiger partial charge is 0.307 e. The van der Waals surface area contributed by atoms with E-state index in [0.717, 1.165) is 22.5 Å². The lowest BCUT2D eigenvalue weighted by molar-refractivity contribution is -0.152. The summed E-state index contributed by atoms with van der Waals surface area (Å²) in [5, 5.41) is 35.6. The van der Waals surface area contributed by atoms with Gasteiger partial charge < -0.3 is 19.3 Å². The van der Waals surface area contributed by atoms with Crippen molar-refractivity contribution in [1.29, 1.82) is 21.0 Å². The van der Waals surface area contributed by atoms with Crippen LogP contribution in [0.4, 0.5) is 11.4 Å². The first-order valence-corrected chi connectivity index (χ1v) is 13.4. The molecule has 0 radical (unpaired) electrons. The number of ether oxygens (including phenoxy) is 2. The standard InChI is InChI=1S/C32H32N6O4/c1-3-37(29-9-5-25(6-10-29)19-27(21-33)22-34)15-13-31(39)41-17-18-42-32(40)14-16-38(4-2)30-11-7-26(8-12-30)20-28(23-35)24-36/h5-12,19-20H,3-4,13-18H2,1-2H3. The highest BCUT2D eigenvalue weighted by molar-refractivity contribution is 5.71. The lowest BCUT2D eigenvalue weighted by Gasteiger charge is -2.23. The van der Waals surface area contributed by atoms with Crippen LogP contribution in [0.1, 0.15) is 37.8 Å². The van der Waals surface area contributed by atoms with Gasteiger partial charge >= 0.3 is 11.9 Å². The highest BCUT2D eigenvalue weighted by Gasteiger charge is 2.12. The average molecular weight is 565 g/mol. The van der Waals surface area contributed by atoms with E-state index in [1.807, 2.05) is 72.2 Å². The third-order valence-corrected chi connectivity index (χ3v) is 6.16. The van der Waals surface area contributed by atoms with E-state index in [4.69, 9.17) is 30.5 Å². The van der Waals surface area contributed by atoms with E-state index in [1.165, 1.54) is 12.2 Å². The molecule has 2 aromatic rings. The number of nitrogens with zero attached hydrogens (tertiary/aromatic N) is 6. The minimum absolute atomic E-state index is 0.0250. The van der Waals surface area contributed by atoms with Crippen LogP contribution in [-0.2, 0) is 19.1 Å². The number of nitriles is 4. The SMILES string of the molecule is CCN(CCC(=O)OCCOC(=O)CCN(CC)c1ccc(C=C(C#N)C#N)cc1)c1ccc(C=C(C#N)C#N)cc1. The van der Waals surface area contributed by atoms with Crippen LogP contribution in [-0.4, -0.2) is 51.3 Å². The van der Waals surface area contributed by atoms with E-state index >= 15 is 0 Å². The zero-order chi connectivity index (χ0) is 30.7. The molecule has 0 atom stereocenters. The van der Waals surface area contributed by atoms with E-state index in [9.17, 15) is 9.59 Å². The second kappa shape index (κ2) is 17.9. The summed E-state index contributed by atoms with van der Waals surface area (Å²) in [6.07, 6.45) is 3.33. The van der Waals surface area contributed by atoms with Crippen LogP contribution in [0.5, 0.6) is 0 Å². The first-order chi connectivity index (χ1) is 20.4. The minimum atomic E-state index is -0.399. The molecule has 0 spiro atoms. The topological polar surface area (TPSA) is 154 Å². The molecule has 0 saturated carbocycles. The molecule has 2 rings (SSSR count). The summed E-state index contributed by atoms with van der Waals surface area (Å²) >= 11 is 0. The molecule has 0 saturated heterocycles. The number of allylic oxidation sites excluding steroid dienone is 2. The van der Waals surface area contributed by atoms with E-state index in [0.29, 0.717) is 26.2 Å². The number of esters is 2. The maximum absolute atomic E-state index is 12.2. The predicted octanol–water partition coefficient (Wildman–Crippen LogP) is 4.77. The Morgan fingerprint density at radius 1 is 0.643 bits per heavy atom. The monoisotopic (exact) mass is 564 g/mol. The normalized spacial score (nSPS) is 9.57. The van der Waals surface area contributed by atoms with E-state index in [1.54, 1.807) is 24.3 Å². The fourth-order valence-corrected chi connectivity index (χ4v) is 3.92. The molecule has 0 aliphatic heterocycles. The molecule has 0 heterocycles. The zero-order valence-corrected chi connectivity index (χ0v) is 23.7. The van der Waals surface area contributed by atoms with Crippen LogP contribution in [0.25, 0.3) is 12.2 Å². The van der Waals surface area contributed by atoms with Crippen molar-refractivity contribution < 1.29 is 19.1 Å². The second-order valence-corrected chi connectivity index (χ2v) is 8.85. The fourth-order valence-electron chi connectivity index (χ4n) is 3.92. The molecule has 0 N–H and O–H groups in total. The molecule has 42 heavy (non-hydrogen) atoms. The summed E-state index contributed by atoms with van der Waals surface area (Å²) in [7, 11) is 0. The summed E-state index contributed by atoms with van der Waals surface area (Å²) < 4.78 is 10.4. The van der Waals surface area contributed by atoms with Crippen LogP contribution in [0.3, 0.4) is 0 Å². The minimum Gasteiger partial charge on any atom is -0.462 e. The first-order valence-electron chi connectivity index (χ1n) is 13.4. The van der Waals surface area contributed by atoms with Crippen molar-refractivity contribution in [3.05, 3.63) is 70.8 Å². The maximum Gasteiger partial charge on any atom is 0.307 e. The zero-order valence-electron chi connectivity index (χ0n) is 23.7. The van der Waals surface area contributed by atoms with Gasteiger partial charge in [0, 0.05) is 37.6 Å². The Labute approximate surface area is 246 Å². The molecular weight excluding hydrogens is 532 g/mol. The fraction of sp³-hybridized carbons (Fsp3) is 0.312. The number of carbonyl (C=O) groups is 2. The van der Waals surface area contributed by atoms with Crippen molar-refractivity contribution in [3.8, 4) is 24.3 Å². The second-order valence-electron chi connectivity index (χ2n) is 8.85. The van der Waals surface area contributed by atoms with Crippen molar-refractivity contribution in [1.82, 2.24) is 0 Å². The molecule has 0 fully saturated rings. The average Bonchev–Trinajstić information content (AvgIpc) is 3.02.